The fourth-order valence-electron chi connectivity index (χ4n) is 3.12. The molecular weight excluding hydrogens is 360 g/mol. The Hall–Kier alpha value is -3.68. The second-order valence-corrected chi connectivity index (χ2v) is 6.58. The van der Waals surface area contributed by atoms with Crippen LogP contribution in [0.2, 0.25) is 0 Å². The third-order valence-electron chi connectivity index (χ3n) is 4.74. The van der Waals surface area contributed by atoms with Crippen molar-refractivity contribution in [2.45, 2.75) is 5.92 Å². The van der Waals surface area contributed by atoms with Gasteiger partial charge in [0.25, 0.3) is 0 Å². The molecule has 1 fully saturated rings. The van der Waals surface area contributed by atoms with E-state index in [0.29, 0.717) is 30.6 Å². The Morgan fingerprint density at radius 3 is 2.79 bits per heavy atom. The standard InChI is InChI=1S/C20H16N4O4/c25-18(4-2-13-1-3-16-17(9-13)27-12-26-16)24-10-15(11-24)20-22-19(23-28-20)14-5-7-21-8-6-14/h1-9,15H,10-12H2/b4-2+. The minimum absolute atomic E-state index is 0.0530. The number of likely N-dealkylation sites (tertiary alicyclic amines) is 1. The van der Waals surface area contributed by atoms with Gasteiger partial charge >= 0.3 is 0 Å². The summed E-state index contributed by atoms with van der Waals surface area (Å²) in [6.07, 6.45) is 6.69. The molecule has 0 bridgehead atoms. The highest BCUT2D eigenvalue weighted by molar-refractivity contribution is 5.92. The number of amides is 1. The first-order valence-corrected chi connectivity index (χ1v) is 8.87. The summed E-state index contributed by atoms with van der Waals surface area (Å²) in [5, 5.41) is 4.01. The van der Waals surface area contributed by atoms with Gasteiger partial charge in [-0.25, -0.2) is 0 Å². The molecule has 140 valence electrons. The summed E-state index contributed by atoms with van der Waals surface area (Å²) in [6.45, 7) is 1.35. The van der Waals surface area contributed by atoms with E-state index < -0.39 is 0 Å². The second-order valence-electron chi connectivity index (χ2n) is 6.58. The molecule has 0 saturated carbocycles. The van der Waals surface area contributed by atoms with Crippen LogP contribution >= 0.6 is 0 Å². The number of hydrogen-bond donors (Lipinski definition) is 0. The van der Waals surface area contributed by atoms with Crippen molar-refractivity contribution in [3.8, 4) is 22.9 Å². The number of rotatable bonds is 4. The number of carbonyl (C=O) groups is 1. The zero-order valence-electron chi connectivity index (χ0n) is 14.8. The van der Waals surface area contributed by atoms with Crippen molar-refractivity contribution in [2.24, 2.45) is 0 Å². The summed E-state index contributed by atoms with van der Waals surface area (Å²) in [7, 11) is 0. The lowest BCUT2D eigenvalue weighted by molar-refractivity contribution is -0.130. The van der Waals surface area contributed by atoms with Gasteiger partial charge in [0.2, 0.25) is 24.4 Å². The minimum Gasteiger partial charge on any atom is -0.454 e. The van der Waals surface area contributed by atoms with E-state index in [1.54, 1.807) is 29.4 Å². The lowest BCUT2D eigenvalue weighted by Crippen LogP contribution is -2.47. The van der Waals surface area contributed by atoms with E-state index in [4.69, 9.17) is 14.0 Å². The molecule has 2 aliphatic heterocycles. The van der Waals surface area contributed by atoms with Crippen LogP contribution < -0.4 is 9.47 Å². The van der Waals surface area contributed by atoms with Gasteiger partial charge in [-0.15, -0.1) is 0 Å². The van der Waals surface area contributed by atoms with E-state index in [0.717, 1.165) is 16.9 Å². The number of benzene rings is 1. The molecule has 3 aromatic rings. The van der Waals surface area contributed by atoms with Gasteiger partial charge in [-0.1, -0.05) is 11.2 Å². The number of aromatic nitrogens is 3. The highest BCUT2D eigenvalue weighted by Gasteiger charge is 2.34. The van der Waals surface area contributed by atoms with Crippen LogP contribution in [-0.4, -0.2) is 45.8 Å². The summed E-state index contributed by atoms with van der Waals surface area (Å²) < 4.78 is 16.0. The summed E-state index contributed by atoms with van der Waals surface area (Å²) in [5.41, 5.74) is 1.73. The van der Waals surface area contributed by atoms with Crippen LogP contribution in [-0.2, 0) is 4.79 Å². The number of pyridine rings is 1. The van der Waals surface area contributed by atoms with Crippen molar-refractivity contribution < 1.29 is 18.8 Å². The van der Waals surface area contributed by atoms with Crippen LogP contribution in [0.1, 0.15) is 17.4 Å². The Morgan fingerprint density at radius 2 is 1.93 bits per heavy atom. The highest BCUT2D eigenvalue weighted by atomic mass is 16.7. The molecule has 0 atom stereocenters. The van der Waals surface area contributed by atoms with E-state index in [9.17, 15) is 4.79 Å². The maximum Gasteiger partial charge on any atom is 0.246 e. The van der Waals surface area contributed by atoms with Gasteiger partial charge in [0.15, 0.2) is 11.5 Å². The quantitative estimate of drug-likeness (QED) is 0.646. The molecule has 1 saturated heterocycles. The van der Waals surface area contributed by atoms with E-state index in [2.05, 4.69) is 15.1 Å². The molecule has 0 spiro atoms. The summed E-state index contributed by atoms with van der Waals surface area (Å²) in [5.74, 6) is 2.51. The molecular formula is C20H16N4O4. The molecule has 8 nitrogen and oxygen atoms in total. The SMILES string of the molecule is O=C(/C=C/c1ccc2c(c1)OCO2)N1CC(c2nc(-c3ccncc3)no2)C1. The van der Waals surface area contributed by atoms with Gasteiger partial charge in [0.05, 0.1) is 5.92 Å². The zero-order chi connectivity index (χ0) is 18.9. The molecule has 0 N–H and O–H groups in total. The van der Waals surface area contributed by atoms with Gasteiger partial charge in [-0.3, -0.25) is 9.78 Å². The number of hydrogen-bond acceptors (Lipinski definition) is 7. The first kappa shape index (κ1) is 16.5. The van der Waals surface area contributed by atoms with E-state index in [-0.39, 0.29) is 18.6 Å². The monoisotopic (exact) mass is 376 g/mol. The predicted octanol–water partition coefficient (Wildman–Crippen LogP) is 2.50. The average molecular weight is 376 g/mol. The second kappa shape index (κ2) is 6.80. The molecule has 5 rings (SSSR count). The van der Waals surface area contributed by atoms with Crippen molar-refractivity contribution in [2.75, 3.05) is 19.9 Å². The Balaban J connectivity index is 1.19. The summed E-state index contributed by atoms with van der Waals surface area (Å²) in [4.78, 5) is 22.5. The van der Waals surface area contributed by atoms with Crippen molar-refractivity contribution in [3.05, 3.63) is 60.3 Å². The number of carbonyl (C=O) groups excluding carboxylic acids is 1. The largest absolute Gasteiger partial charge is 0.454 e. The summed E-state index contributed by atoms with van der Waals surface area (Å²) >= 11 is 0. The normalized spacial score (nSPS) is 15.8. The molecule has 0 radical (unpaired) electrons. The van der Waals surface area contributed by atoms with Crippen molar-refractivity contribution >= 4 is 12.0 Å². The van der Waals surface area contributed by atoms with Gasteiger partial charge in [0, 0.05) is 37.1 Å². The number of fused-ring (bicyclic) bond motifs is 1. The predicted molar refractivity (Wildman–Crippen MR) is 98.4 cm³/mol. The topological polar surface area (TPSA) is 90.6 Å². The van der Waals surface area contributed by atoms with Gasteiger partial charge in [0.1, 0.15) is 0 Å². The van der Waals surface area contributed by atoms with Gasteiger partial charge < -0.3 is 18.9 Å². The molecule has 2 aliphatic rings. The fraction of sp³-hybridized carbons (Fsp3) is 0.200. The Kier molecular flexibility index (Phi) is 4.01. The average Bonchev–Trinajstić information content (AvgIpc) is 3.35. The van der Waals surface area contributed by atoms with E-state index in [1.165, 1.54) is 0 Å². The Labute approximate surface area is 160 Å². The first-order chi connectivity index (χ1) is 13.8. The van der Waals surface area contributed by atoms with E-state index in [1.807, 2.05) is 30.3 Å². The van der Waals surface area contributed by atoms with Crippen LogP contribution in [0.3, 0.4) is 0 Å². The van der Waals surface area contributed by atoms with E-state index >= 15 is 0 Å². The lowest BCUT2D eigenvalue weighted by Gasteiger charge is -2.36. The molecule has 0 unspecified atom stereocenters. The van der Waals surface area contributed by atoms with Gasteiger partial charge in [-0.2, -0.15) is 4.98 Å². The lowest BCUT2D eigenvalue weighted by atomic mass is 10.00. The third-order valence-corrected chi connectivity index (χ3v) is 4.74. The molecule has 4 heterocycles. The maximum atomic E-state index is 12.3. The van der Waals surface area contributed by atoms with Crippen LogP contribution in [0.5, 0.6) is 11.5 Å². The summed E-state index contributed by atoms with van der Waals surface area (Å²) in [6, 6.07) is 9.22. The maximum absolute atomic E-state index is 12.3. The molecule has 28 heavy (non-hydrogen) atoms. The first-order valence-electron chi connectivity index (χ1n) is 8.87. The fourth-order valence-corrected chi connectivity index (χ4v) is 3.12. The Morgan fingerprint density at radius 1 is 1.11 bits per heavy atom. The Bertz CT molecular complexity index is 1040. The molecule has 0 aliphatic carbocycles. The van der Waals surface area contributed by atoms with Crippen LogP contribution in [0.15, 0.2) is 53.3 Å². The number of ether oxygens (including phenoxy) is 2. The third kappa shape index (κ3) is 3.09. The van der Waals surface area contributed by atoms with Crippen LogP contribution in [0, 0.1) is 0 Å². The zero-order valence-corrected chi connectivity index (χ0v) is 14.8. The van der Waals surface area contributed by atoms with Crippen molar-refractivity contribution in [3.63, 3.8) is 0 Å². The van der Waals surface area contributed by atoms with Crippen molar-refractivity contribution in [1.82, 2.24) is 20.0 Å². The van der Waals surface area contributed by atoms with Crippen LogP contribution in [0.4, 0.5) is 0 Å². The molecule has 2 aromatic heterocycles. The minimum atomic E-state index is -0.0530. The highest BCUT2D eigenvalue weighted by Crippen LogP contribution is 2.33. The number of nitrogens with zero attached hydrogens (tertiary/aromatic N) is 4. The smallest absolute Gasteiger partial charge is 0.246 e. The molecule has 8 heteroatoms. The van der Waals surface area contributed by atoms with Crippen LogP contribution in [0.25, 0.3) is 17.5 Å². The molecule has 1 amide bonds. The van der Waals surface area contributed by atoms with Crippen molar-refractivity contribution in [1.29, 1.82) is 0 Å². The van der Waals surface area contributed by atoms with Gasteiger partial charge in [-0.05, 0) is 35.9 Å². The molecule has 1 aromatic carbocycles.